The van der Waals surface area contributed by atoms with Crippen LogP contribution in [0.5, 0.6) is 11.5 Å². The van der Waals surface area contributed by atoms with Crippen molar-refractivity contribution in [2.75, 3.05) is 19.8 Å². The Morgan fingerprint density at radius 3 is 2.37 bits per heavy atom. The summed E-state index contributed by atoms with van der Waals surface area (Å²) in [7, 11) is 0. The zero-order valence-corrected chi connectivity index (χ0v) is 23.5. The predicted molar refractivity (Wildman–Crippen MR) is 158 cm³/mol. The summed E-state index contributed by atoms with van der Waals surface area (Å²) >= 11 is 0. The fraction of sp³-hybridized carbons (Fsp3) is 0.242. The van der Waals surface area contributed by atoms with E-state index in [9.17, 15) is 9.18 Å². The molecule has 4 aromatic rings. The van der Waals surface area contributed by atoms with Gasteiger partial charge in [-0.05, 0) is 77.4 Å². The summed E-state index contributed by atoms with van der Waals surface area (Å²) in [6.45, 7) is 9.24. The van der Waals surface area contributed by atoms with Gasteiger partial charge in [0.25, 0.3) is 0 Å². The van der Waals surface area contributed by atoms with Gasteiger partial charge < -0.3 is 19.5 Å². The Bertz CT molecular complexity index is 1670. The Hall–Kier alpha value is -4.56. The van der Waals surface area contributed by atoms with Gasteiger partial charge in [-0.15, -0.1) is 0 Å². The van der Waals surface area contributed by atoms with Crippen molar-refractivity contribution in [2.45, 2.75) is 33.1 Å². The summed E-state index contributed by atoms with van der Waals surface area (Å²) in [4.78, 5) is 12.4. The number of ether oxygens (including phenoxy) is 3. The van der Waals surface area contributed by atoms with Gasteiger partial charge in [0.15, 0.2) is 0 Å². The highest BCUT2D eigenvalue weighted by Gasteiger charge is 2.30. The van der Waals surface area contributed by atoms with E-state index in [1.807, 2.05) is 19.1 Å². The third-order valence-corrected chi connectivity index (χ3v) is 6.93. The highest BCUT2D eigenvalue weighted by Crippen LogP contribution is 2.44. The molecule has 0 radical (unpaired) electrons. The number of hydrogen-bond acceptors (Lipinski definition) is 6. The number of benzene rings is 4. The summed E-state index contributed by atoms with van der Waals surface area (Å²) in [5.41, 5.74) is 3.45. The molecule has 210 valence electrons. The van der Waals surface area contributed by atoms with Crippen LogP contribution in [0.15, 0.2) is 66.7 Å². The van der Waals surface area contributed by atoms with E-state index in [1.165, 1.54) is 12.1 Å². The fourth-order valence-corrected chi connectivity index (χ4v) is 4.87. The summed E-state index contributed by atoms with van der Waals surface area (Å²) in [5, 5.41) is 21.4. The maximum Gasteiger partial charge on any atom is 0.338 e. The van der Waals surface area contributed by atoms with Crippen LogP contribution in [0.25, 0.3) is 21.9 Å². The molecule has 41 heavy (non-hydrogen) atoms. The molecule has 1 heterocycles. The molecule has 0 atom stereocenters. The average Bonchev–Trinajstić information content (AvgIpc) is 3.22. The summed E-state index contributed by atoms with van der Waals surface area (Å²) in [6, 6.07) is 18.8. The second-order valence-corrected chi connectivity index (χ2v) is 10.8. The second-order valence-electron chi connectivity index (χ2n) is 10.8. The van der Waals surface area contributed by atoms with Crippen LogP contribution in [0.4, 0.5) is 4.39 Å². The molecule has 0 aliphatic carbocycles. The molecule has 8 heteroatoms. The number of carbonyl (C=O) groups is 1. The monoisotopic (exact) mass is 553 g/mol. The van der Waals surface area contributed by atoms with E-state index in [1.54, 1.807) is 36.4 Å². The molecular formula is C33H32FN3O4. The minimum absolute atomic E-state index is 0.0733. The van der Waals surface area contributed by atoms with Gasteiger partial charge >= 0.3 is 5.97 Å². The van der Waals surface area contributed by atoms with Crippen LogP contribution in [0.2, 0.25) is 0 Å². The summed E-state index contributed by atoms with van der Waals surface area (Å²) in [6.07, 6.45) is 0. The Morgan fingerprint density at radius 1 is 0.927 bits per heavy atom. The number of esters is 1. The van der Waals surface area contributed by atoms with Gasteiger partial charge in [-0.1, -0.05) is 39.0 Å². The number of fused-ring (bicyclic) bond motifs is 2. The molecule has 4 aromatic carbocycles. The Morgan fingerprint density at radius 2 is 1.68 bits per heavy atom. The molecule has 1 aliphatic heterocycles. The number of carbonyl (C=O) groups excluding carboxylic acids is 1. The van der Waals surface area contributed by atoms with Crippen molar-refractivity contribution < 1.29 is 23.4 Å². The average molecular weight is 554 g/mol. The van der Waals surface area contributed by atoms with Crippen LogP contribution >= 0.6 is 0 Å². The lowest BCUT2D eigenvalue weighted by atomic mass is 9.83. The molecule has 1 aliphatic rings. The zero-order valence-electron chi connectivity index (χ0n) is 23.5. The van der Waals surface area contributed by atoms with Gasteiger partial charge in [0.2, 0.25) is 0 Å². The van der Waals surface area contributed by atoms with Gasteiger partial charge in [0.1, 0.15) is 35.6 Å². The van der Waals surface area contributed by atoms with E-state index < -0.39 is 11.8 Å². The maximum atomic E-state index is 14.5. The molecule has 0 saturated heterocycles. The minimum Gasteiger partial charge on any atom is -0.460 e. The molecular weight excluding hydrogens is 521 g/mol. The van der Waals surface area contributed by atoms with Crippen LogP contribution in [0, 0.1) is 16.6 Å². The van der Waals surface area contributed by atoms with E-state index in [4.69, 9.17) is 25.0 Å². The van der Waals surface area contributed by atoms with Crippen LogP contribution < -0.4 is 10.1 Å². The van der Waals surface area contributed by atoms with Crippen molar-refractivity contribution in [3.05, 3.63) is 94.8 Å². The maximum absolute atomic E-state index is 14.5. The van der Waals surface area contributed by atoms with Crippen LogP contribution in [-0.4, -0.2) is 37.5 Å². The standard InChI is InChI=1S/C33H32FN3O4/c1-5-39-13-14-40-32(38)19-9-11-24(12-10-19)41-26-18-22(33(2,3)4)15-21-17-25-29(31(36)37-30(25)35)28(27(21)26)20-7-6-8-23(34)16-20/h6-12,15-18H,5,13-14H2,1-4H3,(H3,35,36,37). The first-order valence-electron chi connectivity index (χ1n) is 13.5. The topological polar surface area (TPSA) is 104 Å². The Labute approximate surface area is 238 Å². The highest BCUT2D eigenvalue weighted by atomic mass is 19.1. The van der Waals surface area contributed by atoms with Crippen LogP contribution in [0.3, 0.4) is 0 Å². The van der Waals surface area contributed by atoms with Crippen molar-refractivity contribution in [2.24, 2.45) is 0 Å². The third kappa shape index (κ3) is 5.69. The summed E-state index contributed by atoms with van der Waals surface area (Å²) < 4.78 is 31.4. The van der Waals surface area contributed by atoms with Gasteiger partial charge in [0, 0.05) is 28.7 Å². The SMILES string of the molecule is CCOCCOC(=O)c1ccc(Oc2cc(C(C)(C)C)cc3cc4c(c(-c5cccc(F)c5)c23)C(=N)NC4=N)cc1. The first-order chi connectivity index (χ1) is 19.6. The van der Waals surface area contributed by atoms with Gasteiger partial charge in [0.05, 0.1) is 12.2 Å². The lowest BCUT2D eigenvalue weighted by Gasteiger charge is -2.23. The van der Waals surface area contributed by atoms with Gasteiger partial charge in [-0.3, -0.25) is 10.8 Å². The number of rotatable bonds is 8. The van der Waals surface area contributed by atoms with E-state index in [2.05, 4.69) is 32.2 Å². The molecule has 0 aromatic heterocycles. The largest absolute Gasteiger partial charge is 0.460 e. The number of halogens is 1. The number of nitrogens with one attached hydrogen (secondary N) is 3. The molecule has 0 spiro atoms. The molecule has 0 fully saturated rings. The molecule has 0 amide bonds. The Balaban J connectivity index is 1.65. The fourth-order valence-electron chi connectivity index (χ4n) is 4.87. The number of amidine groups is 2. The first-order valence-corrected chi connectivity index (χ1v) is 13.5. The molecule has 0 saturated carbocycles. The second kappa shape index (κ2) is 11.1. The molecule has 0 bridgehead atoms. The quantitative estimate of drug-likeness (QED) is 0.158. The van der Waals surface area contributed by atoms with Crippen molar-refractivity contribution in [3.8, 4) is 22.6 Å². The van der Waals surface area contributed by atoms with E-state index >= 15 is 0 Å². The smallest absolute Gasteiger partial charge is 0.338 e. The lowest BCUT2D eigenvalue weighted by Crippen LogP contribution is -2.20. The molecule has 7 nitrogen and oxygen atoms in total. The van der Waals surface area contributed by atoms with Crippen molar-refractivity contribution >= 4 is 28.4 Å². The summed E-state index contributed by atoms with van der Waals surface area (Å²) in [5.74, 6) is 0.357. The lowest BCUT2D eigenvalue weighted by molar-refractivity contribution is 0.0335. The van der Waals surface area contributed by atoms with Gasteiger partial charge in [-0.25, -0.2) is 9.18 Å². The molecule has 5 rings (SSSR count). The number of hydrogen-bond donors (Lipinski definition) is 3. The van der Waals surface area contributed by atoms with Crippen molar-refractivity contribution in [1.29, 1.82) is 10.8 Å². The van der Waals surface area contributed by atoms with E-state index in [0.717, 1.165) is 10.9 Å². The van der Waals surface area contributed by atoms with Crippen LogP contribution in [-0.2, 0) is 14.9 Å². The molecule has 3 N–H and O–H groups in total. The van der Waals surface area contributed by atoms with E-state index in [-0.39, 0.29) is 23.7 Å². The zero-order chi connectivity index (χ0) is 29.3. The molecule has 0 unspecified atom stereocenters. The normalized spacial score (nSPS) is 12.8. The van der Waals surface area contributed by atoms with Gasteiger partial charge in [-0.2, -0.15) is 0 Å². The minimum atomic E-state index is -0.450. The highest BCUT2D eigenvalue weighted by molar-refractivity contribution is 6.29. The van der Waals surface area contributed by atoms with Crippen molar-refractivity contribution in [3.63, 3.8) is 0 Å². The van der Waals surface area contributed by atoms with E-state index in [0.29, 0.717) is 57.9 Å². The van der Waals surface area contributed by atoms with Crippen molar-refractivity contribution in [1.82, 2.24) is 5.32 Å². The predicted octanol–water partition coefficient (Wildman–Crippen LogP) is 7.18. The third-order valence-electron chi connectivity index (χ3n) is 6.93. The van der Waals surface area contributed by atoms with Crippen LogP contribution in [0.1, 0.15) is 54.7 Å². The first kappa shape index (κ1) is 28.0. The Kier molecular flexibility index (Phi) is 7.60.